The zero-order valence-electron chi connectivity index (χ0n) is 14.5. The van der Waals surface area contributed by atoms with Crippen molar-refractivity contribution in [3.05, 3.63) is 69.9 Å². The number of benzene rings is 1. The first-order valence-corrected chi connectivity index (χ1v) is 8.41. The molecule has 0 saturated carbocycles. The Bertz CT molecular complexity index is 1130. The second-order valence-corrected chi connectivity index (χ2v) is 6.32. The summed E-state index contributed by atoms with van der Waals surface area (Å²) in [7, 11) is 0. The molecular weight excluding hydrogens is 365 g/mol. The van der Waals surface area contributed by atoms with Crippen molar-refractivity contribution in [1.29, 1.82) is 0 Å². The van der Waals surface area contributed by atoms with Gasteiger partial charge in [-0.15, -0.1) is 0 Å². The van der Waals surface area contributed by atoms with E-state index in [-0.39, 0.29) is 23.0 Å². The number of hydrogen-bond acceptors (Lipinski definition) is 6. The van der Waals surface area contributed by atoms with E-state index < -0.39 is 10.9 Å². The van der Waals surface area contributed by atoms with Gasteiger partial charge >= 0.3 is 0 Å². The Morgan fingerprint density at radius 3 is 2.68 bits per heavy atom. The highest BCUT2D eigenvalue weighted by Crippen LogP contribution is 2.33. The fourth-order valence-electron chi connectivity index (χ4n) is 3.19. The normalized spacial score (nSPS) is 13.0. The quantitative estimate of drug-likeness (QED) is 0.410. The average Bonchev–Trinajstić information content (AvgIpc) is 2.68. The molecule has 1 aromatic carbocycles. The number of aromatic nitrogens is 2. The number of hydrogen-bond donors (Lipinski definition) is 2. The SMILES string of the molecule is Nc1ncc(-c2cc([N+](=O)[O-])cnc2F)cc1-c1ccc2c(c1)CCNC2=O. The lowest BCUT2D eigenvalue weighted by Crippen LogP contribution is -2.31. The monoisotopic (exact) mass is 379 g/mol. The molecule has 3 N–H and O–H groups in total. The van der Waals surface area contributed by atoms with Crippen LogP contribution in [-0.4, -0.2) is 27.3 Å². The summed E-state index contributed by atoms with van der Waals surface area (Å²) >= 11 is 0. The number of anilines is 1. The number of nitrogen functional groups attached to an aromatic ring is 1. The van der Waals surface area contributed by atoms with Gasteiger partial charge in [-0.25, -0.2) is 9.97 Å². The molecule has 1 amide bonds. The Morgan fingerprint density at radius 1 is 1.07 bits per heavy atom. The maximum Gasteiger partial charge on any atom is 0.288 e. The van der Waals surface area contributed by atoms with Crippen molar-refractivity contribution in [2.75, 3.05) is 12.3 Å². The van der Waals surface area contributed by atoms with Crippen LogP contribution >= 0.6 is 0 Å². The molecule has 1 aliphatic rings. The average molecular weight is 379 g/mol. The number of nitro groups is 1. The summed E-state index contributed by atoms with van der Waals surface area (Å²) in [6.07, 6.45) is 2.89. The number of nitrogens with one attached hydrogen (secondary N) is 1. The molecule has 0 atom stereocenters. The summed E-state index contributed by atoms with van der Waals surface area (Å²) in [5.74, 6) is -0.745. The van der Waals surface area contributed by atoms with Gasteiger partial charge in [0.1, 0.15) is 12.0 Å². The van der Waals surface area contributed by atoms with Crippen LogP contribution < -0.4 is 11.1 Å². The van der Waals surface area contributed by atoms with Crippen LogP contribution in [-0.2, 0) is 6.42 Å². The van der Waals surface area contributed by atoms with Gasteiger partial charge in [0.05, 0.1) is 4.92 Å². The van der Waals surface area contributed by atoms with E-state index in [1.807, 2.05) is 6.07 Å². The van der Waals surface area contributed by atoms with E-state index in [1.54, 1.807) is 18.2 Å². The van der Waals surface area contributed by atoms with Crippen LogP contribution in [0.15, 0.2) is 42.7 Å². The van der Waals surface area contributed by atoms with Crippen molar-refractivity contribution < 1.29 is 14.1 Å². The fraction of sp³-hybridized carbons (Fsp3) is 0.105. The maximum atomic E-state index is 14.2. The van der Waals surface area contributed by atoms with Crippen LogP contribution in [0.2, 0.25) is 0 Å². The summed E-state index contributed by atoms with van der Waals surface area (Å²) in [5, 5.41) is 13.8. The van der Waals surface area contributed by atoms with Crippen molar-refractivity contribution in [2.45, 2.75) is 6.42 Å². The van der Waals surface area contributed by atoms with Crippen molar-refractivity contribution in [3.63, 3.8) is 0 Å². The molecule has 2 aromatic heterocycles. The Hall–Kier alpha value is -3.88. The van der Waals surface area contributed by atoms with E-state index in [9.17, 15) is 19.3 Å². The van der Waals surface area contributed by atoms with Gasteiger partial charge in [-0.05, 0) is 29.7 Å². The van der Waals surface area contributed by atoms with Crippen LogP contribution in [0.1, 0.15) is 15.9 Å². The minimum Gasteiger partial charge on any atom is -0.383 e. The summed E-state index contributed by atoms with van der Waals surface area (Å²) in [6.45, 7) is 0.549. The smallest absolute Gasteiger partial charge is 0.288 e. The lowest BCUT2D eigenvalue weighted by molar-refractivity contribution is -0.385. The van der Waals surface area contributed by atoms with E-state index in [4.69, 9.17) is 5.73 Å². The number of amides is 1. The number of nitrogens with zero attached hydrogens (tertiary/aromatic N) is 3. The zero-order chi connectivity index (χ0) is 19.8. The molecule has 140 valence electrons. The highest BCUT2D eigenvalue weighted by molar-refractivity contribution is 5.97. The molecule has 0 bridgehead atoms. The van der Waals surface area contributed by atoms with Crippen molar-refractivity contribution in [1.82, 2.24) is 15.3 Å². The highest BCUT2D eigenvalue weighted by Gasteiger charge is 2.19. The van der Waals surface area contributed by atoms with Crippen LogP contribution in [0.25, 0.3) is 22.3 Å². The van der Waals surface area contributed by atoms with Crippen LogP contribution in [0, 0.1) is 16.1 Å². The number of carbonyl (C=O) groups is 1. The van der Waals surface area contributed by atoms with E-state index in [2.05, 4.69) is 15.3 Å². The first-order chi connectivity index (χ1) is 13.4. The largest absolute Gasteiger partial charge is 0.383 e. The Balaban J connectivity index is 1.82. The molecule has 1 aliphatic heterocycles. The van der Waals surface area contributed by atoms with Gasteiger partial charge in [-0.1, -0.05) is 12.1 Å². The highest BCUT2D eigenvalue weighted by atomic mass is 19.1. The molecule has 4 rings (SSSR count). The van der Waals surface area contributed by atoms with Gasteiger partial charge in [0.15, 0.2) is 0 Å². The zero-order valence-corrected chi connectivity index (χ0v) is 14.5. The minimum absolute atomic E-state index is 0.0414. The third-order valence-corrected chi connectivity index (χ3v) is 4.61. The molecule has 0 saturated heterocycles. The van der Waals surface area contributed by atoms with Crippen LogP contribution in [0.3, 0.4) is 0 Å². The third kappa shape index (κ3) is 3.02. The predicted molar refractivity (Wildman–Crippen MR) is 100.0 cm³/mol. The van der Waals surface area contributed by atoms with Gasteiger partial charge < -0.3 is 11.1 Å². The standard InChI is InChI=1S/C19H14FN5O3/c20-17-15(7-13(9-23-17)25(27)28)12-6-16(18(21)24-8-12)10-1-2-14-11(5-10)3-4-22-19(14)26/h1-2,5-9H,3-4H2,(H2,21,24)(H,22,26). The van der Waals surface area contributed by atoms with Gasteiger partial charge in [0.25, 0.3) is 11.6 Å². The van der Waals surface area contributed by atoms with Gasteiger partial charge in [0.2, 0.25) is 5.95 Å². The second-order valence-electron chi connectivity index (χ2n) is 6.32. The summed E-state index contributed by atoms with van der Waals surface area (Å²) in [6, 6.07) is 8.02. The molecule has 0 radical (unpaired) electrons. The van der Waals surface area contributed by atoms with Gasteiger partial charge in [-0.3, -0.25) is 14.9 Å². The van der Waals surface area contributed by atoms with Crippen molar-refractivity contribution in [2.24, 2.45) is 0 Å². The Kier molecular flexibility index (Phi) is 4.19. The number of halogens is 1. The number of carbonyl (C=O) groups excluding carboxylic acids is 1. The van der Waals surface area contributed by atoms with Crippen LogP contribution in [0.4, 0.5) is 15.9 Å². The van der Waals surface area contributed by atoms with Crippen molar-refractivity contribution >= 4 is 17.4 Å². The number of rotatable bonds is 3. The van der Waals surface area contributed by atoms with E-state index in [1.165, 1.54) is 6.20 Å². The molecule has 8 nitrogen and oxygen atoms in total. The van der Waals surface area contributed by atoms with Crippen molar-refractivity contribution in [3.8, 4) is 22.3 Å². The maximum absolute atomic E-state index is 14.2. The molecule has 3 heterocycles. The summed E-state index contributed by atoms with van der Waals surface area (Å²) < 4.78 is 14.2. The molecule has 0 unspecified atom stereocenters. The van der Waals surface area contributed by atoms with E-state index >= 15 is 0 Å². The Morgan fingerprint density at radius 2 is 1.89 bits per heavy atom. The third-order valence-electron chi connectivity index (χ3n) is 4.61. The number of nitrogens with two attached hydrogens (primary N) is 1. The molecule has 0 fully saturated rings. The Labute approximate surface area is 158 Å². The van der Waals surface area contributed by atoms with Gasteiger partial charge in [0, 0.05) is 41.1 Å². The van der Waals surface area contributed by atoms with E-state index in [0.717, 1.165) is 23.4 Å². The first-order valence-electron chi connectivity index (χ1n) is 8.41. The molecule has 3 aromatic rings. The molecular formula is C19H14FN5O3. The molecule has 0 aliphatic carbocycles. The molecule has 28 heavy (non-hydrogen) atoms. The fourth-order valence-corrected chi connectivity index (χ4v) is 3.19. The predicted octanol–water partition coefficient (Wildman–Crippen LogP) is 2.73. The number of pyridine rings is 2. The summed E-state index contributed by atoms with van der Waals surface area (Å²) in [5.41, 5.74) is 8.71. The number of fused-ring (bicyclic) bond motifs is 1. The first kappa shape index (κ1) is 17.5. The molecule has 9 heteroatoms. The lowest BCUT2D eigenvalue weighted by Gasteiger charge is -2.18. The lowest BCUT2D eigenvalue weighted by atomic mass is 9.94. The van der Waals surface area contributed by atoms with E-state index in [0.29, 0.717) is 29.7 Å². The minimum atomic E-state index is -0.842. The molecule has 0 spiro atoms. The van der Waals surface area contributed by atoms with Crippen LogP contribution in [0.5, 0.6) is 0 Å². The second kappa shape index (κ2) is 6.69. The van der Waals surface area contributed by atoms with Gasteiger partial charge in [-0.2, -0.15) is 4.39 Å². The summed E-state index contributed by atoms with van der Waals surface area (Å²) in [4.78, 5) is 29.8. The topological polar surface area (TPSA) is 124 Å².